The van der Waals surface area contributed by atoms with E-state index in [4.69, 9.17) is 4.74 Å². The Morgan fingerprint density at radius 3 is 2.88 bits per heavy atom. The lowest BCUT2D eigenvalue weighted by molar-refractivity contribution is -0.121. The second-order valence-electron chi connectivity index (χ2n) is 6.35. The van der Waals surface area contributed by atoms with E-state index < -0.39 is 0 Å². The molecule has 130 valence electrons. The zero-order valence-electron chi connectivity index (χ0n) is 14.6. The summed E-state index contributed by atoms with van der Waals surface area (Å²) >= 11 is 0. The predicted octanol–water partition coefficient (Wildman–Crippen LogP) is 3.45. The molecule has 3 rings (SSSR count). The summed E-state index contributed by atoms with van der Waals surface area (Å²) in [5.41, 5.74) is 3.43. The number of nitrogens with one attached hydrogen (secondary N) is 1. The van der Waals surface area contributed by atoms with Crippen molar-refractivity contribution in [2.75, 3.05) is 18.1 Å². The van der Waals surface area contributed by atoms with Crippen molar-refractivity contribution in [1.29, 1.82) is 0 Å². The monoisotopic (exact) mass is 336 g/mol. The first-order valence-electron chi connectivity index (χ1n) is 8.59. The second kappa shape index (κ2) is 7.88. The first kappa shape index (κ1) is 17.1. The lowest BCUT2D eigenvalue weighted by Crippen LogP contribution is -2.45. The highest BCUT2D eigenvalue weighted by atomic mass is 16.5. The fourth-order valence-corrected chi connectivity index (χ4v) is 3.08. The number of benzene rings is 2. The van der Waals surface area contributed by atoms with Gasteiger partial charge in [0.1, 0.15) is 12.4 Å². The van der Waals surface area contributed by atoms with E-state index in [9.17, 15) is 4.79 Å². The van der Waals surface area contributed by atoms with E-state index in [2.05, 4.69) is 54.1 Å². The van der Waals surface area contributed by atoms with Crippen LogP contribution in [0.15, 0.2) is 61.2 Å². The molecule has 1 atom stereocenters. The molecule has 0 aliphatic carbocycles. The number of carbonyl (C=O) groups excluding carboxylic acids is 1. The molecular formula is C21H24N2O2. The number of ether oxygens (including phenoxy) is 1. The minimum atomic E-state index is 0.000211. The maximum atomic E-state index is 12.2. The van der Waals surface area contributed by atoms with Gasteiger partial charge in [0, 0.05) is 13.1 Å². The fourth-order valence-electron chi connectivity index (χ4n) is 3.08. The van der Waals surface area contributed by atoms with Crippen LogP contribution in [0.25, 0.3) is 0 Å². The molecular weight excluding hydrogens is 312 g/mol. The lowest BCUT2D eigenvalue weighted by atomic mass is 10.1. The molecule has 4 heteroatoms. The highest BCUT2D eigenvalue weighted by Crippen LogP contribution is 2.36. The number of fused-ring (bicyclic) bond motifs is 1. The Morgan fingerprint density at radius 2 is 2.12 bits per heavy atom. The molecule has 1 N–H and O–H groups in total. The van der Waals surface area contributed by atoms with Gasteiger partial charge in [-0.15, -0.1) is 6.58 Å². The number of anilines is 1. The predicted molar refractivity (Wildman–Crippen MR) is 101 cm³/mol. The quantitative estimate of drug-likeness (QED) is 0.822. The smallest absolute Gasteiger partial charge is 0.222 e. The molecule has 1 aliphatic rings. The van der Waals surface area contributed by atoms with E-state index in [1.165, 1.54) is 11.1 Å². The van der Waals surface area contributed by atoms with Crippen LogP contribution in [0.5, 0.6) is 5.75 Å². The van der Waals surface area contributed by atoms with Crippen LogP contribution in [0, 0.1) is 6.92 Å². The average Bonchev–Trinajstić information content (AvgIpc) is 2.62. The summed E-state index contributed by atoms with van der Waals surface area (Å²) in [6.07, 6.45) is 2.09. The van der Waals surface area contributed by atoms with E-state index in [0.717, 1.165) is 18.0 Å². The van der Waals surface area contributed by atoms with Gasteiger partial charge in [0.05, 0.1) is 18.2 Å². The number of amides is 1. The maximum Gasteiger partial charge on any atom is 0.222 e. The third kappa shape index (κ3) is 4.21. The molecule has 0 radical (unpaired) electrons. The van der Waals surface area contributed by atoms with E-state index in [1.807, 2.05) is 18.2 Å². The molecule has 1 heterocycles. The van der Waals surface area contributed by atoms with E-state index >= 15 is 0 Å². The number of nitrogens with zero attached hydrogens (tertiary/aromatic N) is 1. The summed E-state index contributed by atoms with van der Waals surface area (Å²) in [5, 5.41) is 2.86. The molecule has 0 bridgehead atoms. The first-order valence-corrected chi connectivity index (χ1v) is 8.59. The van der Waals surface area contributed by atoms with Gasteiger partial charge in [0.2, 0.25) is 5.91 Å². The van der Waals surface area contributed by atoms with Crippen molar-refractivity contribution in [3.8, 4) is 5.75 Å². The van der Waals surface area contributed by atoms with Crippen molar-refractivity contribution in [2.24, 2.45) is 0 Å². The van der Waals surface area contributed by atoms with Crippen molar-refractivity contribution < 1.29 is 9.53 Å². The third-order valence-electron chi connectivity index (χ3n) is 4.36. The molecule has 1 aliphatic heterocycles. The molecule has 4 nitrogen and oxygen atoms in total. The Balaban J connectivity index is 1.85. The second-order valence-corrected chi connectivity index (χ2v) is 6.35. The van der Waals surface area contributed by atoms with Crippen molar-refractivity contribution >= 4 is 11.6 Å². The number of hydrogen-bond donors (Lipinski definition) is 1. The first-order chi connectivity index (χ1) is 12.2. The zero-order chi connectivity index (χ0) is 17.6. The standard InChI is InChI=1S/C21H24N2O2/c1-3-11-22-21(24)13-18-15-25-20-12-16(2)9-10-19(20)23(18)14-17-7-5-4-6-8-17/h3-10,12,18H,1,11,13-15H2,2H3,(H,22,24)/t18-/m0/s1. The van der Waals surface area contributed by atoms with Crippen LogP contribution in [0.4, 0.5) is 5.69 Å². The van der Waals surface area contributed by atoms with Crippen molar-refractivity contribution in [3.63, 3.8) is 0 Å². The fraction of sp³-hybridized carbons (Fsp3) is 0.286. The van der Waals surface area contributed by atoms with Gasteiger partial charge >= 0.3 is 0 Å². The van der Waals surface area contributed by atoms with E-state index in [1.54, 1.807) is 6.08 Å². The summed E-state index contributed by atoms with van der Waals surface area (Å²) in [6.45, 7) is 7.44. The Kier molecular flexibility index (Phi) is 5.39. The third-order valence-corrected chi connectivity index (χ3v) is 4.36. The van der Waals surface area contributed by atoms with Crippen molar-refractivity contribution in [2.45, 2.75) is 25.9 Å². The number of aryl methyl sites for hydroxylation is 1. The summed E-state index contributed by atoms with van der Waals surface area (Å²) in [7, 11) is 0. The Hall–Kier alpha value is -2.75. The Bertz CT molecular complexity index is 743. The van der Waals surface area contributed by atoms with Crippen molar-refractivity contribution in [1.82, 2.24) is 5.32 Å². The number of hydrogen-bond acceptors (Lipinski definition) is 3. The van der Waals surface area contributed by atoms with Gasteiger partial charge < -0.3 is 15.0 Å². The summed E-state index contributed by atoms with van der Waals surface area (Å²) in [6, 6.07) is 16.5. The summed E-state index contributed by atoms with van der Waals surface area (Å²) in [5.74, 6) is 0.904. The molecule has 0 spiro atoms. The minimum Gasteiger partial charge on any atom is -0.489 e. The van der Waals surface area contributed by atoms with Crippen LogP contribution in [0.2, 0.25) is 0 Å². The van der Waals surface area contributed by atoms with Crippen LogP contribution < -0.4 is 15.0 Å². The van der Waals surface area contributed by atoms with Crippen LogP contribution >= 0.6 is 0 Å². The van der Waals surface area contributed by atoms with Crippen LogP contribution in [0.3, 0.4) is 0 Å². The van der Waals surface area contributed by atoms with Crippen LogP contribution in [-0.4, -0.2) is 25.1 Å². The highest BCUT2D eigenvalue weighted by Gasteiger charge is 2.29. The lowest BCUT2D eigenvalue weighted by Gasteiger charge is -2.38. The van der Waals surface area contributed by atoms with Crippen molar-refractivity contribution in [3.05, 3.63) is 72.3 Å². The van der Waals surface area contributed by atoms with Gasteiger partial charge in [-0.1, -0.05) is 42.5 Å². The topological polar surface area (TPSA) is 41.6 Å². The van der Waals surface area contributed by atoms with Crippen LogP contribution in [-0.2, 0) is 11.3 Å². The van der Waals surface area contributed by atoms with Gasteiger partial charge in [-0.05, 0) is 30.2 Å². The largest absolute Gasteiger partial charge is 0.489 e. The number of carbonyl (C=O) groups is 1. The average molecular weight is 336 g/mol. The number of rotatable bonds is 6. The van der Waals surface area contributed by atoms with Gasteiger partial charge in [-0.2, -0.15) is 0 Å². The molecule has 0 fully saturated rings. The normalized spacial score (nSPS) is 15.9. The van der Waals surface area contributed by atoms with Gasteiger partial charge in [-0.25, -0.2) is 0 Å². The van der Waals surface area contributed by atoms with Crippen LogP contribution in [0.1, 0.15) is 17.5 Å². The van der Waals surface area contributed by atoms with Gasteiger partial charge in [-0.3, -0.25) is 4.79 Å². The summed E-state index contributed by atoms with van der Waals surface area (Å²) in [4.78, 5) is 14.5. The molecule has 0 saturated carbocycles. The molecule has 25 heavy (non-hydrogen) atoms. The van der Waals surface area contributed by atoms with Gasteiger partial charge in [0.25, 0.3) is 0 Å². The summed E-state index contributed by atoms with van der Waals surface area (Å²) < 4.78 is 5.95. The Labute approximate surface area is 149 Å². The molecule has 0 unspecified atom stereocenters. The minimum absolute atomic E-state index is 0.000211. The molecule has 2 aromatic rings. The molecule has 2 aromatic carbocycles. The van der Waals surface area contributed by atoms with E-state index in [-0.39, 0.29) is 11.9 Å². The van der Waals surface area contributed by atoms with Gasteiger partial charge in [0.15, 0.2) is 0 Å². The molecule has 0 aromatic heterocycles. The zero-order valence-corrected chi connectivity index (χ0v) is 14.6. The maximum absolute atomic E-state index is 12.2. The molecule has 1 amide bonds. The highest BCUT2D eigenvalue weighted by molar-refractivity contribution is 5.78. The Morgan fingerprint density at radius 1 is 1.32 bits per heavy atom. The van der Waals surface area contributed by atoms with E-state index in [0.29, 0.717) is 19.6 Å². The molecule has 0 saturated heterocycles. The SMILES string of the molecule is C=CCNC(=O)C[C@H]1COc2cc(C)ccc2N1Cc1ccccc1.